The number of nitrogens with two attached hydrogens (primary N) is 1. The van der Waals surface area contributed by atoms with Crippen molar-refractivity contribution in [2.75, 3.05) is 38.6 Å². The Morgan fingerprint density at radius 1 is 1.38 bits per heavy atom. The molecule has 1 aromatic carbocycles. The quantitative estimate of drug-likeness (QED) is 0.795. The van der Waals surface area contributed by atoms with Gasteiger partial charge in [0.05, 0.1) is 19.6 Å². The highest BCUT2D eigenvalue weighted by molar-refractivity contribution is 5.78. The Bertz CT molecular complexity index is 471. The van der Waals surface area contributed by atoms with Crippen molar-refractivity contribution >= 4 is 11.6 Å². The Morgan fingerprint density at radius 3 is 2.76 bits per heavy atom. The lowest BCUT2D eigenvalue weighted by Gasteiger charge is -2.42. The molecule has 1 heterocycles. The van der Waals surface area contributed by atoms with E-state index in [-0.39, 0.29) is 11.4 Å². The Kier molecular flexibility index (Phi) is 5.20. The standard InChI is InChI=1S/C16H25N3O2/c1-16(2)12-21-10-9-19(16)8-7-18-15(20)11-13-3-5-14(17)6-4-13/h3-6H,7-12,17H2,1-2H3,(H,18,20). The van der Waals surface area contributed by atoms with Crippen LogP contribution in [0.3, 0.4) is 0 Å². The van der Waals surface area contributed by atoms with Crippen molar-refractivity contribution in [2.24, 2.45) is 0 Å². The van der Waals surface area contributed by atoms with E-state index in [1.165, 1.54) is 0 Å². The van der Waals surface area contributed by atoms with Gasteiger partial charge in [0.25, 0.3) is 0 Å². The van der Waals surface area contributed by atoms with E-state index in [2.05, 4.69) is 24.1 Å². The number of hydrogen-bond donors (Lipinski definition) is 2. The Morgan fingerprint density at radius 2 is 2.10 bits per heavy atom. The Hall–Kier alpha value is -1.59. The topological polar surface area (TPSA) is 67.6 Å². The normalized spacial score (nSPS) is 18.4. The molecule has 0 atom stereocenters. The summed E-state index contributed by atoms with van der Waals surface area (Å²) in [7, 11) is 0. The zero-order valence-corrected chi connectivity index (χ0v) is 12.9. The maximum Gasteiger partial charge on any atom is 0.224 e. The number of nitrogens with one attached hydrogen (secondary N) is 1. The molecule has 0 aromatic heterocycles. The average molecular weight is 291 g/mol. The maximum atomic E-state index is 11.9. The van der Waals surface area contributed by atoms with Crippen LogP contribution in [0.4, 0.5) is 5.69 Å². The first-order valence-electron chi connectivity index (χ1n) is 7.41. The van der Waals surface area contributed by atoms with E-state index in [1.807, 2.05) is 24.3 Å². The predicted molar refractivity (Wildman–Crippen MR) is 84.0 cm³/mol. The third kappa shape index (κ3) is 4.72. The molecule has 0 radical (unpaired) electrons. The van der Waals surface area contributed by atoms with Crippen LogP contribution in [0.25, 0.3) is 0 Å². The lowest BCUT2D eigenvalue weighted by atomic mass is 10.0. The molecular formula is C16H25N3O2. The number of amides is 1. The molecular weight excluding hydrogens is 266 g/mol. The average Bonchev–Trinajstić information content (AvgIpc) is 2.43. The molecule has 0 bridgehead atoms. The van der Waals surface area contributed by atoms with E-state index in [9.17, 15) is 4.79 Å². The number of carbonyl (C=O) groups excluding carboxylic acids is 1. The minimum atomic E-state index is 0.0416. The van der Waals surface area contributed by atoms with Gasteiger partial charge in [-0.05, 0) is 31.5 Å². The summed E-state index contributed by atoms with van der Waals surface area (Å²) in [5.41, 5.74) is 7.37. The van der Waals surface area contributed by atoms with Gasteiger partial charge in [-0.2, -0.15) is 0 Å². The van der Waals surface area contributed by atoms with Gasteiger partial charge in [-0.25, -0.2) is 0 Å². The van der Waals surface area contributed by atoms with Crippen LogP contribution in [0.1, 0.15) is 19.4 Å². The first-order valence-corrected chi connectivity index (χ1v) is 7.41. The van der Waals surface area contributed by atoms with Crippen LogP contribution in [0, 0.1) is 0 Å². The number of nitrogens with zero attached hydrogens (tertiary/aromatic N) is 1. The van der Waals surface area contributed by atoms with Gasteiger partial charge in [-0.3, -0.25) is 9.69 Å². The van der Waals surface area contributed by atoms with Crippen LogP contribution in [0.2, 0.25) is 0 Å². The van der Waals surface area contributed by atoms with Crippen molar-refractivity contribution in [2.45, 2.75) is 25.8 Å². The summed E-state index contributed by atoms with van der Waals surface area (Å²) in [6.45, 7) is 8.28. The number of morpholine rings is 1. The van der Waals surface area contributed by atoms with Crippen LogP contribution in [-0.2, 0) is 16.0 Å². The van der Waals surface area contributed by atoms with E-state index in [0.717, 1.165) is 31.9 Å². The van der Waals surface area contributed by atoms with Crippen molar-refractivity contribution < 1.29 is 9.53 Å². The first kappa shape index (κ1) is 15.8. The molecule has 1 amide bonds. The number of nitrogen functional groups attached to an aromatic ring is 1. The maximum absolute atomic E-state index is 11.9. The Labute approximate surface area is 126 Å². The van der Waals surface area contributed by atoms with E-state index in [1.54, 1.807) is 0 Å². The number of ether oxygens (including phenoxy) is 1. The van der Waals surface area contributed by atoms with Crippen molar-refractivity contribution in [3.8, 4) is 0 Å². The second-order valence-corrected chi connectivity index (χ2v) is 6.12. The van der Waals surface area contributed by atoms with Crippen molar-refractivity contribution in [1.29, 1.82) is 0 Å². The minimum absolute atomic E-state index is 0.0416. The summed E-state index contributed by atoms with van der Waals surface area (Å²) in [6, 6.07) is 7.41. The summed E-state index contributed by atoms with van der Waals surface area (Å²) < 4.78 is 5.49. The van der Waals surface area contributed by atoms with Crippen LogP contribution < -0.4 is 11.1 Å². The fourth-order valence-electron chi connectivity index (χ4n) is 2.52. The van der Waals surface area contributed by atoms with Gasteiger partial charge in [0, 0.05) is 30.9 Å². The highest BCUT2D eigenvalue weighted by Gasteiger charge is 2.29. The van der Waals surface area contributed by atoms with Crippen LogP contribution >= 0.6 is 0 Å². The first-order chi connectivity index (χ1) is 9.97. The lowest BCUT2D eigenvalue weighted by Crippen LogP contribution is -2.54. The Balaban J connectivity index is 1.73. The van der Waals surface area contributed by atoms with Crippen molar-refractivity contribution in [3.63, 3.8) is 0 Å². The number of hydrogen-bond acceptors (Lipinski definition) is 4. The molecule has 0 unspecified atom stereocenters. The molecule has 2 rings (SSSR count). The van der Waals surface area contributed by atoms with Crippen LogP contribution in [-0.4, -0.2) is 49.2 Å². The smallest absolute Gasteiger partial charge is 0.224 e. The van der Waals surface area contributed by atoms with Gasteiger partial charge in [0.1, 0.15) is 0 Å². The lowest BCUT2D eigenvalue weighted by molar-refractivity contribution is -0.120. The number of rotatable bonds is 5. The third-order valence-corrected chi connectivity index (χ3v) is 3.87. The fraction of sp³-hybridized carbons (Fsp3) is 0.562. The highest BCUT2D eigenvalue weighted by Crippen LogP contribution is 2.17. The van der Waals surface area contributed by atoms with E-state index < -0.39 is 0 Å². The van der Waals surface area contributed by atoms with Gasteiger partial charge in [0.15, 0.2) is 0 Å². The zero-order chi connectivity index (χ0) is 15.3. The monoisotopic (exact) mass is 291 g/mol. The number of carbonyl (C=O) groups is 1. The molecule has 1 aromatic rings. The molecule has 3 N–H and O–H groups in total. The molecule has 5 nitrogen and oxygen atoms in total. The second-order valence-electron chi connectivity index (χ2n) is 6.12. The molecule has 1 saturated heterocycles. The number of benzene rings is 1. The number of anilines is 1. The minimum Gasteiger partial charge on any atom is -0.399 e. The molecule has 116 valence electrons. The predicted octanol–water partition coefficient (Wildman–Crippen LogP) is 1.04. The zero-order valence-electron chi connectivity index (χ0n) is 12.9. The molecule has 1 aliphatic rings. The van der Waals surface area contributed by atoms with Crippen molar-refractivity contribution in [1.82, 2.24) is 10.2 Å². The summed E-state index contributed by atoms with van der Waals surface area (Å²) in [5.74, 6) is 0.0471. The molecule has 0 saturated carbocycles. The largest absolute Gasteiger partial charge is 0.399 e. The third-order valence-electron chi connectivity index (χ3n) is 3.87. The van der Waals surface area contributed by atoms with Gasteiger partial charge < -0.3 is 15.8 Å². The molecule has 0 aliphatic carbocycles. The van der Waals surface area contributed by atoms with E-state index in [4.69, 9.17) is 10.5 Å². The van der Waals surface area contributed by atoms with Gasteiger partial charge in [0.2, 0.25) is 5.91 Å². The summed E-state index contributed by atoms with van der Waals surface area (Å²) in [6.07, 6.45) is 0.396. The van der Waals surface area contributed by atoms with E-state index >= 15 is 0 Å². The van der Waals surface area contributed by atoms with Crippen LogP contribution in [0.5, 0.6) is 0 Å². The molecule has 0 spiro atoms. The van der Waals surface area contributed by atoms with E-state index in [0.29, 0.717) is 18.7 Å². The summed E-state index contributed by atoms with van der Waals surface area (Å²) in [5, 5.41) is 2.98. The summed E-state index contributed by atoms with van der Waals surface area (Å²) in [4.78, 5) is 14.3. The molecule has 21 heavy (non-hydrogen) atoms. The second kappa shape index (κ2) is 6.91. The highest BCUT2D eigenvalue weighted by atomic mass is 16.5. The summed E-state index contributed by atoms with van der Waals surface area (Å²) >= 11 is 0. The van der Waals surface area contributed by atoms with Gasteiger partial charge >= 0.3 is 0 Å². The van der Waals surface area contributed by atoms with Gasteiger partial charge in [-0.15, -0.1) is 0 Å². The SMILES string of the molecule is CC1(C)COCCN1CCNC(=O)Cc1ccc(N)cc1. The molecule has 5 heteroatoms. The van der Waals surface area contributed by atoms with Crippen LogP contribution in [0.15, 0.2) is 24.3 Å². The fourth-order valence-corrected chi connectivity index (χ4v) is 2.52. The van der Waals surface area contributed by atoms with Crippen molar-refractivity contribution in [3.05, 3.63) is 29.8 Å². The molecule has 1 fully saturated rings. The molecule has 1 aliphatic heterocycles. The van der Waals surface area contributed by atoms with Gasteiger partial charge in [-0.1, -0.05) is 12.1 Å².